The Morgan fingerprint density at radius 1 is 1.14 bits per heavy atom. The van der Waals surface area contributed by atoms with Gasteiger partial charge in [-0.2, -0.15) is 13.2 Å². The van der Waals surface area contributed by atoms with E-state index in [0.717, 1.165) is 6.07 Å². The normalized spacial score (nSPS) is 11.3. The van der Waals surface area contributed by atoms with Gasteiger partial charge in [0.05, 0.1) is 11.3 Å². The maximum Gasteiger partial charge on any atom is 0.418 e. The second-order valence-electron chi connectivity index (χ2n) is 4.26. The Morgan fingerprint density at radius 2 is 1.81 bits per heavy atom. The molecule has 1 heterocycles. The molecule has 2 rings (SSSR count). The Labute approximate surface area is 124 Å². The second-order valence-corrected chi connectivity index (χ2v) is 4.69. The average molecular weight is 317 g/mol. The standard InChI is InChI=1S/C13H12ClF3N4/c1-7-11(18-2)19-6-20-12(7)21-10-4-3-8(14)5-9(10)13(15,16)17/h3-6H,1-2H3,(H2,18,19,20,21). The van der Waals surface area contributed by atoms with Crippen LogP contribution in [-0.4, -0.2) is 17.0 Å². The van der Waals surface area contributed by atoms with Crippen molar-refractivity contribution < 1.29 is 13.2 Å². The van der Waals surface area contributed by atoms with Crippen molar-refractivity contribution in [2.75, 3.05) is 17.7 Å². The highest BCUT2D eigenvalue weighted by atomic mass is 35.5. The van der Waals surface area contributed by atoms with Gasteiger partial charge in [-0.05, 0) is 25.1 Å². The minimum atomic E-state index is -4.51. The summed E-state index contributed by atoms with van der Waals surface area (Å²) in [7, 11) is 1.67. The number of benzene rings is 1. The van der Waals surface area contributed by atoms with E-state index in [1.165, 1.54) is 18.5 Å². The molecule has 8 heteroatoms. The summed E-state index contributed by atoms with van der Waals surface area (Å²) >= 11 is 5.64. The van der Waals surface area contributed by atoms with Crippen LogP contribution in [0.1, 0.15) is 11.1 Å². The molecule has 0 saturated carbocycles. The van der Waals surface area contributed by atoms with Gasteiger partial charge in [-0.25, -0.2) is 9.97 Å². The smallest absolute Gasteiger partial charge is 0.373 e. The van der Waals surface area contributed by atoms with Crippen LogP contribution in [0.25, 0.3) is 0 Å². The van der Waals surface area contributed by atoms with Crippen LogP contribution in [0, 0.1) is 6.92 Å². The predicted octanol–water partition coefficient (Wildman–Crippen LogP) is 4.24. The molecule has 112 valence electrons. The monoisotopic (exact) mass is 316 g/mol. The summed E-state index contributed by atoms with van der Waals surface area (Å²) in [5.74, 6) is 0.831. The number of halogens is 4. The lowest BCUT2D eigenvalue weighted by Crippen LogP contribution is -2.10. The number of aromatic nitrogens is 2. The van der Waals surface area contributed by atoms with Crippen molar-refractivity contribution in [2.45, 2.75) is 13.1 Å². The number of hydrogen-bond donors (Lipinski definition) is 2. The topological polar surface area (TPSA) is 49.8 Å². The van der Waals surface area contributed by atoms with Crippen LogP contribution in [-0.2, 0) is 6.18 Å². The molecule has 2 aromatic rings. The SMILES string of the molecule is CNc1ncnc(Nc2ccc(Cl)cc2C(F)(F)F)c1C. The van der Waals surface area contributed by atoms with Gasteiger partial charge < -0.3 is 10.6 Å². The lowest BCUT2D eigenvalue weighted by Gasteiger charge is -2.16. The summed E-state index contributed by atoms with van der Waals surface area (Å²) in [5, 5.41) is 5.54. The molecule has 0 saturated heterocycles. The quantitative estimate of drug-likeness (QED) is 0.889. The fourth-order valence-corrected chi connectivity index (χ4v) is 1.99. The highest BCUT2D eigenvalue weighted by Crippen LogP contribution is 2.38. The first-order valence-corrected chi connectivity index (χ1v) is 6.34. The van der Waals surface area contributed by atoms with Gasteiger partial charge in [-0.1, -0.05) is 11.6 Å². The Balaban J connectivity index is 2.45. The molecule has 1 aromatic heterocycles. The maximum atomic E-state index is 13.0. The average Bonchev–Trinajstić information content (AvgIpc) is 2.42. The Bertz CT molecular complexity index is 658. The first kappa shape index (κ1) is 15.4. The van der Waals surface area contributed by atoms with Gasteiger partial charge in [0.25, 0.3) is 0 Å². The molecule has 0 spiro atoms. The Kier molecular flexibility index (Phi) is 4.22. The number of anilines is 3. The lowest BCUT2D eigenvalue weighted by atomic mass is 10.1. The van der Waals surface area contributed by atoms with Gasteiger partial charge in [-0.3, -0.25) is 0 Å². The van der Waals surface area contributed by atoms with Crippen molar-refractivity contribution in [3.8, 4) is 0 Å². The number of hydrogen-bond acceptors (Lipinski definition) is 4. The summed E-state index contributed by atoms with van der Waals surface area (Å²) in [6.07, 6.45) is -3.25. The molecule has 4 nitrogen and oxygen atoms in total. The van der Waals surface area contributed by atoms with E-state index in [2.05, 4.69) is 20.6 Å². The molecule has 0 radical (unpaired) electrons. The predicted molar refractivity (Wildman–Crippen MR) is 76.1 cm³/mol. The number of alkyl halides is 3. The van der Waals surface area contributed by atoms with Crippen LogP contribution in [0.2, 0.25) is 5.02 Å². The molecule has 0 aliphatic carbocycles. The van der Waals surface area contributed by atoms with Gasteiger partial charge in [0, 0.05) is 17.6 Å². The molecule has 0 aliphatic heterocycles. The van der Waals surface area contributed by atoms with Crippen molar-refractivity contribution in [1.82, 2.24) is 9.97 Å². The maximum absolute atomic E-state index is 13.0. The molecular weight excluding hydrogens is 305 g/mol. The molecular formula is C13H12ClF3N4. The molecule has 1 aromatic carbocycles. The van der Waals surface area contributed by atoms with E-state index < -0.39 is 11.7 Å². The van der Waals surface area contributed by atoms with Crippen LogP contribution in [0.5, 0.6) is 0 Å². The van der Waals surface area contributed by atoms with Crippen molar-refractivity contribution in [2.24, 2.45) is 0 Å². The van der Waals surface area contributed by atoms with E-state index in [0.29, 0.717) is 17.2 Å². The first-order valence-electron chi connectivity index (χ1n) is 5.96. The fraction of sp³-hybridized carbons (Fsp3) is 0.231. The zero-order chi connectivity index (χ0) is 15.6. The molecule has 2 N–H and O–H groups in total. The third-order valence-electron chi connectivity index (χ3n) is 2.86. The van der Waals surface area contributed by atoms with E-state index in [4.69, 9.17) is 11.6 Å². The van der Waals surface area contributed by atoms with E-state index in [-0.39, 0.29) is 10.7 Å². The largest absolute Gasteiger partial charge is 0.418 e. The number of nitrogens with one attached hydrogen (secondary N) is 2. The van der Waals surface area contributed by atoms with Crippen molar-refractivity contribution in [3.63, 3.8) is 0 Å². The first-order chi connectivity index (χ1) is 9.82. The van der Waals surface area contributed by atoms with Crippen LogP contribution in [0.3, 0.4) is 0 Å². The molecule has 21 heavy (non-hydrogen) atoms. The van der Waals surface area contributed by atoms with Crippen LogP contribution in [0.15, 0.2) is 24.5 Å². The molecule has 0 amide bonds. The third kappa shape index (κ3) is 3.36. The van der Waals surface area contributed by atoms with Crippen molar-refractivity contribution >= 4 is 28.9 Å². The number of rotatable bonds is 3. The Hall–Kier alpha value is -2.02. The molecule has 0 atom stereocenters. The lowest BCUT2D eigenvalue weighted by molar-refractivity contribution is -0.136. The summed E-state index contributed by atoms with van der Waals surface area (Å²) in [5.41, 5.74) is -0.349. The minimum Gasteiger partial charge on any atom is -0.373 e. The summed E-state index contributed by atoms with van der Waals surface area (Å²) < 4.78 is 39.1. The molecule has 0 bridgehead atoms. The van der Waals surface area contributed by atoms with Gasteiger partial charge in [-0.15, -0.1) is 0 Å². The zero-order valence-corrected chi connectivity index (χ0v) is 12.0. The van der Waals surface area contributed by atoms with Gasteiger partial charge in [0.15, 0.2) is 0 Å². The summed E-state index contributed by atoms with van der Waals surface area (Å²) in [4.78, 5) is 7.94. The van der Waals surface area contributed by atoms with E-state index in [1.807, 2.05) is 0 Å². The second kappa shape index (κ2) is 5.77. The highest BCUT2D eigenvalue weighted by Gasteiger charge is 2.34. The van der Waals surface area contributed by atoms with Crippen molar-refractivity contribution in [3.05, 3.63) is 40.7 Å². The Morgan fingerprint density at radius 3 is 2.43 bits per heavy atom. The third-order valence-corrected chi connectivity index (χ3v) is 3.10. The molecule has 0 fully saturated rings. The van der Waals surface area contributed by atoms with Gasteiger partial charge >= 0.3 is 6.18 Å². The summed E-state index contributed by atoms with van der Waals surface area (Å²) in [6.45, 7) is 1.71. The number of nitrogens with zero attached hydrogens (tertiary/aromatic N) is 2. The van der Waals surface area contributed by atoms with E-state index in [1.54, 1.807) is 14.0 Å². The van der Waals surface area contributed by atoms with E-state index in [9.17, 15) is 13.2 Å². The van der Waals surface area contributed by atoms with Gasteiger partial charge in [0.2, 0.25) is 0 Å². The van der Waals surface area contributed by atoms with Crippen LogP contribution >= 0.6 is 11.6 Å². The molecule has 0 aliphatic rings. The minimum absolute atomic E-state index is 0.0169. The van der Waals surface area contributed by atoms with Crippen LogP contribution < -0.4 is 10.6 Å². The van der Waals surface area contributed by atoms with E-state index >= 15 is 0 Å². The fourth-order valence-electron chi connectivity index (χ4n) is 1.82. The molecule has 0 unspecified atom stereocenters. The van der Waals surface area contributed by atoms with Crippen LogP contribution in [0.4, 0.5) is 30.5 Å². The zero-order valence-electron chi connectivity index (χ0n) is 11.2. The highest BCUT2D eigenvalue weighted by molar-refractivity contribution is 6.30. The summed E-state index contributed by atoms with van der Waals surface area (Å²) in [6, 6.07) is 3.53. The van der Waals surface area contributed by atoms with Crippen molar-refractivity contribution in [1.29, 1.82) is 0 Å². The van der Waals surface area contributed by atoms with Gasteiger partial charge in [0.1, 0.15) is 18.0 Å².